The highest BCUT2D eigenvalue weighted by Gasteiger charge is 1.97. The van der Waals surface area contributed by atoms with E-state index < -0.39 is 0 Å². The Morgan fingerprint density at radius 2 is 2.00 bits per heavy atom. The van der Waals surface area contributed by atoms with E-state index in [0.717, 1.165) is 12.2 Å². The van der Waals surface area contributed by atoms with Crippen molar-refractivity contribution in [1.82, 2.24) is 4.89 Å². The Balaban J connectivity index is 2.00. The van der Waals surface area contributed by atoms with Crippen LogP contribution in [0.1, 0.15) is 0 Å². The van der Waals surface area contributed by atoms with Gasteiger partial charge in [0.25, 0.3) is 0 Å². The van der Waals surface area contributed by atoms with Gasteiger partial charge in [0.2, 0.25) is 12.3 Å². The van der Waals surface area contributed by atoms with Crippen molar-refractivity contribution in [1.29, 1.82) is 0 Å². The van der Waals surface area contributed by atoms with Crippen molar-refractivity contribution < 1.29 is 22.4 Å². The molecule has 1 heterocycles. The zero-order chi connectivity index (χ0) is 8.49. The summed E-state index contributed by atoms with van der Waals surface area (Å²) in [5.74, 6) is 0. The van der Waals surface area contributed by atoms with Crippen LogP contribution in [0, 0.1) is 0 Å². The van der Waals surface area contributed by atoms with Gasteiger partial charge in [-0.15, -0.1) is 9.22 Å². The second-order valence-electron chi connectivity index (χ2n) is 1.65. The summed E-state index contributed by atoms with van der Waals surface area (Å²) in [6.07, 6.45) is 0. The first-order valence-electron chi connectivity index (χ1n) is 3.23. The van der Waals surface area contributed by atoms with Crippen LogP contribution in [0.4, 0.5) is 0 Å². The lowest BCUT2D eigenvalue weighted by Crippen LogP contribution is -2.14. The van der Waals surface area contributed by atoms with Gasteiger partial charge in [0.05, 0.1) is 19.8 Å². The molecule has 8 heteroatoms. The van der Waals surface area contributed by atoms with Crippen molar-refractivity contribution in [3.63, 3.8) is 0 Å². The summed E-state index contributed by atoms with van der Waals surface area (Å²) in [5.41, 5.74) is 0. The Morgan fingerprint density at radius 3 is 3.00 bits per heavy atom. The Morgan fingerprint density at radius 1 is 1.08 bits per heavy atom. The van der Waals surface area contributed by atoms with Crippen molar-refractivity contribution >= 4 is 24.6 Å². The zero-order valence-electron chi connectivity index (χ0n) is 6.19. The summed E-state index contributed by atoms with van der Waals surface area (Å²) < 4.78 is 14.3. The molecule has 0 radical (unpaired) electrons. The van der Waals surface area contributed by atoms with Crippen molar-refractivity contribution in [2.24, 2.45) is 0 Å². The lowest BCUT2D eigenvalue weighted by molar-refractivity contribution is -0.204. The molecule has 0 aliphatic carbocycles. The maximum Gasteiger partial charge on any atom is 0.208 e. The third kappa shape index (κ3) is 6.03. The molecule has 0 aromatic heterocycles. The predicted octanol–water partition coefficient (Wildman–Crippen LogP) is 0.629. The zero-order valence-corrected chi connectivity index (χ0v) is 7.82. The minimum atomic E-state index is 0.369. The lowest BCUT2D eigenvalue weighted by Gasteiger charge is -2.07. The molecule has 0 bridgehead atoms. The highest BCUT2D eigenvalue weighted by Crippen LogP contribution is 2.13. The standard InChI is InChI=1S/C4H9NO5S2/c1-3-7-5-11-10-12-9-8-4-2-6-1/h5H,1-4H2. The first kappa shape index (κ1) is 10.5. The van der Waals surface area contributed by atoms with Crippen LogP contribution in [-0.2, 0) is 22.4 Å². The van der Waals surface area contributed by atoms with Crippen LogP contribution in [0.2, 0.25) is 0 Å². The van der Waals surface area contributed by atoms with E-state index in [1.165, 1.54) is 0 Å². The molecular formula is C4H9NO5S2. The number of hydrogen-bond donors (Lipinski definition) is 1. The Bertz CT molecular complexity index is 64.4. The van der Waals surface area contributed by atoms with Crippen LogP contribution in [0.3, 0.4) is 0 Å². The van der Waals surface area contributed by atoms with Crippen LogP contribution < -0.4 is 4.89 Å². The van der Waals surface area contributed by atoms with Crippen LogP contribution in [-0.4, -0.2) is 26.4 Å². The third-order valence-corrected chi connectivity index (χ3v) is 1.70. The molecule has 1 aliphatic rings. The SMILES string of the molecule is C1CONSOSOOCCO1. The van der Waals surface area contributed by atoms with E-state index in [4.69, 9.17) is 13.2 Å². The first-order chi connectivity index (χ1) is 6.00. The maximum atomic E-state index is 5.08. The van der Waals surface area contributed by atoms with Crippen molar-refractivity contribution in [2.45, 2.75) is 0 Å². The summed E-state index contributed by atoms with van der Waals surface area (Å²) >= 11 is 1.61. The fourth-order valence-electron chi connectivity index (χ4n) is 0.454. The number of ether oxygens (including phenoxy) is 1. The van der Waals surface area contributed by atoms with Crippen molar-refractivity contribution in [3.8, 4) is 0 Å². The van der Waals surface area contributed by atoms with E-state index in [1.807, 2.05) is 0 Å². The molecule has 1 fully saturated rings. The Kier molecular flexibility index (Phi) is 7.09. The number of nitrogens with one attached hydrogen (secondary N) is 1. The second-order valence-corrected chi connectivity index (χ2v) is 2.80. The molecule has 0 saturated carbocycles. The normalized spacial score (nSPS) is 24.0. The third-order valence-electron chi connectivity index (χ3n) is 0.871. The van der Waals surface area contributed by atoms with Crippen LogP contribution in [0.15, 0.2) is 0 Å². The summed E-state index contributed by atoms with van der Waals surface area (Å²) in [7, 11) is 0. The van der Waals surface area contributed by atoms with Gasteiger partial charge in [-0.2, -0.15) is 3.63 Å². The second kappa shape index (κ2) is 8.08. The smallest absolute Gasteiger partial charge is 0.208 e. The van der Waals surface area contributed by atoms with Gasteiger partial charge < -0.3 is 4.74 Å². The molecule has 0 spiro atoms. The molecule has 0 aromatic rings. The summed E-state index contributed by atoms with van der Waals surface area (Å²) in [6, 6.07) is 0. The maximum absolute atomic E-state index is 5.08. The van der Waals surface area contributed by atoms with Gasteiger partial charge in [0.1, 0.15) is 18.8 Å². The van der Waals surface area contributed by atoms with E-state index in [9.17, 15) is 0 Å². The fourth-order valence-corrected chi connectivity index (χ4v) is 1.01. The van der Waals surface area contributed by atoms with Gasteiger partial charge >= 0.3 is 0 Å². The summed E-state index contributed by atoms with van der Waals surface area (Å²) in [5, 5.41) is 0. The molecule has 1 N–H and O–H groups in total. The Labute approximate surface area is 78.8 Å². The van der Waals surface area contributed by atoms with E-state index in [-0.39, 0.29) is 0 Å². The highest BCUT2D eigenvalue weighted by molar-refractivity contribution is 8.04. The van der Waals surface area contributed by atoms with Gasteiger partial charge in [0.15, 0.2) is 0 Å². The minimum Gasteiger partial charge on any atom is -0.376 e. The van der Waals surface area contributed by atoms with E-state index in [1.54, 1.807) is 0 Å². The lowest BCUT2D eigenvalue weighted by atomic mass is 10.7. The van der Waals surface area contributed by atoms with Gasteiger partial charge in [-0.25, -0.2) is 4.89 Å². The number of hydrogen-bond acceptors (Lipinski definition) is 8. The summed E-state index contributed by atoms with van der Waals surface area (Å²) in [4.78, 5) is 12.0. The molecule has 0 aromatic carbocycles. The monoisotopic (exact) mass is 215 g/mol. The topological polar surface area (TPSA) is 58.2 Å². The molecule has 6 nitrogen and oxygen atoms in total. The van der Waals surface area contributed by atoms with Gasteiger partial charge in [-0.1, -0.05) is 0 Å². The first-order valence-corrected chi connectivity index (χ1v) is 4.64. The fraction of sp³-hybridized carbons (Fsp3) is 1.00. The highest BCUT2D eigenvalue weighted by atomic mass is 32.2. The van der Waals surface area contributed by atoms with E-state index in [0.29, 0.717) is 38.8 Å². The summed E-state index contributed by atoms with van der Waals surface area (Å²) in [6.45, 7) is 1.80. The van der Waals surface area contributed by atoms with Gasteiger partial charge in [-0.3, -0.25) is 4.84 Å². The number of rotatable bonds is 0. The van der Waals surface area contributed by atoms with Crippen LogP contribution in [0.5, 0.6) is 0 Å². The van der Waals surface area contributed by atoms with E-state index >= 15 is 0 Å². The molecule has 0 amide bonds. The molecule has 12 heavy (non-hydrogen) atoms. The molecule has 1 aliphatic heterocycles. The molecule has 0 unspecified atom stereocenters. The van der Waals surface area contributed by atoms with Gasteiger partial charge in [0, 0.05) is 0 Å². The van der Waals surface area contributed by atoms with Crippen molar-refractivity contribution in [3.05, 3.63) is 0 Å². The predicted molar refractivity (Wildman–Crippen MR) is 43.2 cm³/mol. The van der Waals surface area contributed by atoms with E-state index in [2.05, 4.69) is 14.1 Å². The molecule has 1 rings (SSSR count). The Hall–Kier alpha value is 0.460. The van der Waals surface area contributed by atoms with Gasteiger partial charge in [-0.05, 0) is 0 Å². The minimum absolute atomic E-state index is 0.369. The average Bonchev–Trinajstić information content (AvgIpc) is 2.05. The molecule has 1 saturated heterocycles. The quantitative estimate of drug-likeness (QED) is 0.359. The van der Waals surface area contributed by atoms with Crippen molar-refractivity contribution in [2.75, 3.05) is 26.4 Å². The van der Waals surface area contributed by atoms with Crippen LogP contribution in [0.25, 0.3) is 0 Å². The molecule has 0 atom stereocenters. The molecule has 72 valence electrons. The molecular weight excluding hydrogens is 206 g/mol. The van der Waals surface area contributed by atoms with Crippen LogP contribution >= 0.6 is 24.6 Å². The largest absolute Gasteiger partial charge is 0.376 e. The average molecular weight is 215 g/mol.